The summed E-state index contributed by atoms with van der Waals surface area (Å²) in [5.41, 5.74) is 3.24. The zero-order chi connectivity index (χ0) is 13.7. The highest BCUT2D eigenvalue weighted by Gasteiger charge is 2.15. The van der Waals surface area contributed by atoms with Gasteiger partial charge in [0.05, 0.1) is 6.10 Å². The fourth-order valence-corrected chi connectivity index (χ4v) is 2.33. The first-order chi connectivity index (χ1) is 9.27. The van der Waals surface area contributed by atoms with E-state index in [1.54, 1.807) is 0 Å². The molecule has 0 aliphatic carbocycles. The largest absolute Gasteiger partial charge is 0.388 e. The molecule has 0 aromatic heterocycles. The molecule has 0 saturated heterocycles. The zero-order valence-electron chi connectivity index (χ0n) is 11.6. The van der Waals surface area contributed by atoms with Gasteiger partial charge in [0.1, 0.15) is 0 Å². The number of aliphatic hydroxyl groups excluding tert-OH is 1. The molecule has 2 nitrogen and oxygen atoms in total. The number of hydrogen-bond acceptors (Lipinski definition) is 2. The maximum atomic E-state index is 10.2. The van der Waals surface area contributed by atoms with E-state index in [-0.39, 0.29) is 0 Å². The van der Waals surface area contributed by atoms with E-state index in [2.05, 4.69) is 30.0 Å². The van der Waals surface area contributed by atoms with Crippen molar-refractivity contribution in [3.63, 3.8) is 0 Å². The highest BCUT2D eigenvalue weighted by atomic mass is 16.3. The van der Waals surface area contributed by atoms with Crippen LogP contribution in [0, 0.1) is 0 Å². The summed E-state index contributed by atoms with van der Waals surface area (Å²) in [7, 11) is 0. The lowest BCUT2D eigenvalue weighted by molar-refractivity contribution is 0.174. The molecular weight excluding hydrogens is 234 g/mol. The molecule has 100 valence electrons. The van der Waals surface area contributed by atoms with Crippen molar-refractivity contribution in [1.29, 1.82) is 0 Å². The summed E-state index contributed by atoms with van der Waals surface area (Å²) in [5.74, 6) is 0. The van der Waals surface area contributed by atoms with Gasteiger partial charge >= 0.3 is 0 Å². The van der Waals surface area contributed by atoms with E-state index in [0.29, 0.717) is 0 Å². The Morgan fingerprint density at radius 3 is 2.21 bits per heavy atom. The zero-order valence-corrected chi connectivity index (χ0v) is 11.6. The van der Waals surface area contributed by atoms with Crippen LogP contribution in [0.5, 0.6) is 0 Å². The standard InChI is InChI=1S/C17H21NO/c1-3-17(19)15-12-8-9-13-16(15)18(4-2)14-10-6-5-7-11-14/h5-13,17,19H,3-4H2,1-2H3/t17-/m1/s1. The minimum absolute atomic E-state index is 0.408. The minimum atomic E-state index is -0.408. The van der Waals surface area contributed by atoms with E-state index in [1.165, 1.54) is 0 Å². The fourth-order valence-electron chi connectivity index (χ4n) is 2.33. The van der Waals surface area contributed by atoms with Gasteiger partial charge in [-0.15, -0.1) is 0 Å². The number of nitrogens with zero attached hydrogens (tertiary/aromatic N) is 1. The van der Waals surface area contributed by atoms with Gasteiger partial charge in [0.25, 0.3) is 0 Å². The second kappa shape index (κ2) is 6.39. The molecule has 0 heterocycles. The molecule has 0 fully saturated rings. The van der Waals surface area contributed by atoms with Gasteiger partial charge in [-0.1, -0.05) is 43.3 Å². The Morgan fingerprint density at radius 1 is 0.947 bits per heavy atom. The van der Waals surface area contributed by atoms with Crippen LogP contribution < -0.4 is 4.90 Å². The SMILES string of the molecule is CC[C@@H](O)c1ccccc1N(CC)c1ccccc1. The van der Waals surface area contributed by atoms with Gasteiger partial charge in [0.15, 0.2) is 0 Å². The molecule has 1 atom stereocenters. The molecule has 2 heteroatoms. The van der Waals surface area contributed by atoms with Gasteiger partial charge in [0.2, 0.25) is 0 Å². The molecule has 0 radical (unpaired) electrons. The van der Waals surface area contributed by atoms with Crippen molar-refractivity contribution >= 4 is 11.4 Å². The maximum absolute atomic E-state index is 10.2. The molecule has 2 rings (SSSR count). The maximum Gasteiger partial charge on any atom is 0.0807 e. The molecule has 0 amide bonds. The average molecular weight is 255 g/mol. The Labute approximate surface area is 115 Å². The van der Waals surface area contributed by atoms with Gasteiger partial charge in [-0.25, -0.2) is 0 Å². The van der Waals surface area contributed by atoms with Crippen LogP contribution in [0.25, 0.3) is 0 Å². The van der Waals surface area contributed by atoms with Crippen molar-refractivity contribution in [2.75, 3.05) is 11.4 Å². The molecule has 0 bridgehead atoms. The first kappa shape index (κ1) is 13.6. The highest BCUT2D eigenvalue weighted by molar-refractivity contribution is 5.66. The van der Waals surface area contributed by atoms with Crippen LogP contribution in [0.15, 0.2) is 54.6 Å². The molecule has 0 aliphatic heterocycles. The Hall–Kier alpha value is -1.80. The lowest BCUT2D eigenvalue weighted by atomic mass is 10.0. The van der Waals surface area contributed by atoms with Crippen LogP contribution >= 0.6 is 0 Å². The normalized spacial score (nSPS) is 12.2. The Bertz CT molecular complexity index is 510. The van der Waals surface area contributed by atoms with E-state index in [4.69, 9.17) is 0 Å². The smallest absolute Gasteiger partial charge is 0.0807 e. The number of benzene rings is 2. The lowest BCUT2D eigenvalue weighted by Gasteiger charge is -2.27. The highest BCUT2D eigenvalue weighted by Crippen LogP contribution is 2.32. The van der Waals surface area contributed by atoms with Crippen LogP contribution in [-0.4, -0.2) is 11.7 Å². The van der Waals surface area contributed by atoms with Crippen LogP contribution in [0.1, 0.15) is 31.9 Å². The summed E-state index contributed by atoms with van der Waals surface area (Å²) >= 11 is 0. The third kappa shape index (κ3) is 2.96. The van der Waals surface area contributed by atoms with Gasteiger partial charge in [-0.2, -0.15) is 0 Å². The first-order valence-corrected chi connectivity index (χ1v) is 6.87. The van der Waals surface area contributed by atoms with E-state index in [0.717, 1.165) is 29.9 Å². The van der Waals surface area contributed by atoms with Gasteiger partial charge < -0.3 is 10.0 Å². The molecule has 0 spiro atoms. The van der Waals surface area contributed by atoms with Gasteiger partial charge in [0, 0.05) is 23.5 Å². The van der Waals surface area contributed by atoms with E-state index in [9.17, 15) is 5.11 Å². The van der Waals surface area contributed by atoms with Crippen LogP contribution in [0.2, 0.25) is 0 Å². The number of para-hydroxylation sites is 2. The fraction of sp³-hybridized carbons (Fsp3) is 0.294. The molecular formula is C17H21NO. The summed E-state index contributed by atoms with van der Waals surface area (Å²) in [6.07, 6.45) is 0.317. The van der Waals surface area contributed by atoms with E-state index < -0.39 is 6.10 Å². The topological polar surface area (TPSA) is 23.5 Å². The quantitative estimate of drug-likeness (QED) is 0.861. The molecule has 2 aromatic carbocycles. The van der Waals surface area contributed by atoms with E-state index >= 15 is 0 Å². The third-order valence-corrected chi connectivity index (χ3v) is 3.36. The second-order valence-electron chi connectivity index (χ2n) is 4.56. The minimum Gasteiger partial charge on any atom is -0.388 e. The van der Waals surface area contributed by atoms with Crippen molar-refractivity contribution in [3.05, 3.63) is 60.2 Å². The van der Waals surface area contributed by atoms with Gasteiger partial charge in [-0.05, 0) is 31.5 Å². The van der Waals surface area contributed by atoms with Gasteiger partial charge in [-0.3, -0.25) is 0 Å². The summed E-state index contributed by atoms with van der Waals surface area (Å²) in [6, 6.07) is 18.4. The predicted molar refractivity (Wildman–Crippen MR) is 80.8 cm³/mol. The van der Waals surface area contributed by atoms with Crippen molar-refractivity contribution in [2.45, 2.75) is 26.4 Å². The molecule has 0 saturated carbocycles. The molecule has 2 aromatic rings. The Balaban J connectivity index is 2.44. The summed E-state index contributed by atoms with van der Waals surface area (Å²) in [4.78, 5) is 2.23. The van der Waals surface area contributed by atoms with Crippen molar-refractivity contribution in [1.82, 2.24) is 0 Å². The number of aliphatic hydroxyl groups is 1. The first-order valence-electron chi connectivity index (χ1n) is 6.87. The van der Waals surface area contributed by atoms with Crippen LogP contribution in [0.3, 0.4) is 0 Å². The summed E-state index contributed by atoms with van der Waals surface area (Å²) in [6.45, 7) is 5.00. The Morgan fingerprint density at radius 2 is 1.58 bits per heavy atom. The molecule has 0 unspecified atom stereocenters. The van der Waals surface area contributed by atoms with Crippen molar-refractivity contribution in [2.24, 2.45) is 0 Å². The monoisotopic (exact) mass is 255 g/mol. The predicted octanol–water partition coefficient (Wildman–Crippen LogP) is 4.29. The number of anilines is 2. The number of hydrogen-bond donors (Lipinski definition) is 1. The van der Waals surface area contributed by atoms with Crippen LogP contribution in [0.4, 0.5) is 11.4 Å². The molecule has 1 N–H and O–H groups in total. The summed E-state index contributed by atoms with van der Waals surface area (Å²) < 4.78 is 0. The van der Waals surface area contributed by atoms with Crippen molar-refractivity contribution < 1.29 is 5.11 Å². The van der Waals surface area contributed by atoms with Crippen LogP contribution in [-0.2, 0) is 0 Å². The average Bonchev–Trinajstić information content (AvgIpc) is 2.49. The van der Waals surface area contributed by atoms with E-state index in [1.807, 2.05) is 43.3 Å². The lowest BCUT2D eigenvalue weighted by Crippen LogP contribution is -2.18. The Kier molecular flexibility index (Phi) is 4.58. The summed E-state index contributed by atoms with van der Waals surface area (Å²) in [5, 5.41) is 10.2. The number of rotatable bonds is 5. The third-order valence-electron chi connectivity index (χ3n) is 3.36. The second-order valence-corrected chi connectivity index (χ2v) is 4.56. The molecule has 0 aliphatic rings. The molecule has 19 heavy (non-hydrogen) atoms. The van der Waals surface area contributed by atoms with Crippen molar-refractivity contribution in [3.8, 4) is 0 Å².